The molecule has 0 atom stereocenters. The first-order valence-electron chi connectivity index (χ1n) is 8.48. The van der Waals surface area contributed by atoms with Gasteiger partial charge in [-0.15, -0.1) is 12.4 Å². The number of benzene rings is 1. The molecule has 1 aliphatic heterocycles. The number of ether oxygens (including phenoxy) is 1. The van der Waals surface area contributed by atoms with Gasteiger partial charge in [0.15, 0.2) is 0 Å². The van der Waals surface area contributed by atoms with Crippen LogP contribution in [-0.4, -0.2) is 45.1 Å². The highest BCUT2D eigenvalue weighted by molar-refractivity contribution is 7.89. The molecule has 0 radical (unpaired) electrons. The Kier molecular flexibility index (Phi) is 9.23. The summed E-state index contributed by atoms with van der Waals surface area (Å²) in [7, 11) is -3.38. The monoisotopic (exact) mass is 376 g/mol. The molecule has 2 rings (SSSR count). The van der Waals surface area contributed by atoms with Gasteiger partial charge >= 0.3 is 0 Å². The zero-order chi connectivity index (χ0) is 16.7. The second kappa shape index (κ2) is 10.4. The summed E-state index contributed by atoms with van der Waals surface area (Å²) in [5, 5.41) is 0. The van der Waals surface area contributed by atoms with Crippen molar-refractivity contribution in [3.8, 4) is 0 Å². The lowest BCUT2D eigenvalue weighted by atomic mass is 10.1. The lowest BCUT2D eigenvalue weighted by Crippen LogP contribution is -2.41. The third kappa shape index (κ3) is 5.70. The first kappa shape index (κ1) is 21.4. The molecule has 1 saturated heterocycles. The zero-order valence-corrected chi connectivity index (χ0v) is 15.9. The van der Waals surface area contributed by atoms with Crippen molar-refractivity contribution in [2.24, 2.45) is 5.73 Å². The van der Waals surface area contributed by atoms with Gasteiger partial charge in [0.05, 0.1) is 11.0 Å². The third-order valence-corrected chi connectivity index (χ3v) is 6.12. The molecule has 0 saturated carbocycles. The molecule has 1 heterocycles. The molecule has 138 valence electrons. The van der Waals surface area contributed by atoms with E-state index in [1.807, 2.05) is 12.1 Å². The molecule has 1 aromatic rings. The molecule has 7 heteroatoms. The van der Waals surface area contributed by atoms with Crippen molar-refractivity contribution in [1.29, 1.82) is 0 Å². The Bertz CT molecular complexity index is 570. The summed E-state index contributed by atoms with van der Waals surface area (Å²) in [5.74, 6) is 0. The van der Waals surface area contributed by atoms with Crippen molar-refractivity contribution >= 4 is 22.4 Å². The summed E-state index contributed by atoms with van der Waals surface area (Å²) < 4.78 is 32.7. The first-order chi connectivity index (χ1) is 11.1. The largest absolute Gasteiger partial charge is 0.378 e. The van der Waals surface area contributed by atoms with Gasteiger partial charge in [-0.05, 0) is 49.9 Å². The van der Waals surface area contributed by atoms with Crippen molar-refractivity contribution < 1.29 is 13.2 Å². The Balaban J connectivity index is 0.00000288. The maximum atomic E-state index is 12.7. The number of nitrogens with zero attached hydrogens (tertiary/aromatic N) is 1. The molecular formula is C17H29ClN2O3S. The summed E-state index contributed by atoms with van der Waals surface area (Å²) in [6.07, 6.45) is 4.54. The van der Waals surface area contributed by atoms with Gasteiger partial charge in [-0.25, -0.2) is 8.42 Å². The van der Waals surface area contributed by atoms with Gasteiger partial charge < -0.3 is 10.5 Å². The molecule has 0 amide bonds. The van der Waals surface area contributed by atoms with Gasteiger partial charge in [0.25, 0.3) is 0 Å². The van der Waals surface area contributed by atoms with Gasteiger partial charge in [0, 0.05) is 19.7 Å². The van der Waals surface area contributed by atoms with E-state index in [1.54, 1.807) is 16.4 Å². The van der Waals surface area contributed by atoms with Crippen LogP contribution in [0.3, 0.4) is 0 Å². The number of hydrogen-bond donors (Lipinski definition) is 1. The summed E-state index contributed by atoms with van der Waals surface area (Å²) >= 11 is 0. The van der Waals surface area contributed by atoms with Gasteiger partial charge in [-0.3, -0.25) is 0 Å². The van der Waals surface area contributed by atoms with E-state index < -0.39 is 10.0 Å². The third-order valence-electron chi connectivity index (χ3n) is 4.20. The molecule has 24 heavy (non-hydrogen) atoms. The quantitative estimate of drug-likeness (QED) is 0.708. The fraction of sp³-hybridized carbons (Fsp3) is 0.647. The van der Waals surface area contributed by atoms with Crippen molar-refractivity contribution in [3.63, 3.8) is 0 Å². The first-order valence-corrected chi connectivity index (χ1v) is 9.92. The minimum Gasteiger partial charge on any atom is -0.378 e. The molecule has 0 bridgehead atoms. The number of rotatable bonds is 8. The van der Waals surface area contributed by atoms with Crippen LogP contribution in [0.25, 0.3) is 0 Å². The summed E-state index contributed by atoms with van der Waals surface area (Å²) in [6.45, 7) is 4.44. The lowest BCUT2D eigenvalue weighted by Gasteiger charge is -2.31. The average Bonchev–Trinajstić information content (AvgIpc) is 2.56. The predicted molar refractivity (Wildman–Crippen MR) is 99.1 cm³/mol. The Morgan fingerprint density at radius 1 is 1.21 bits per heavy atom. The van der Waals surface area contributed by atoms with E-state index in [0.29, 0.717) is 31.1 Å². The van der Waals surface area contributed by atoms with Crippen LogP contribution in [0.4, 0.5) is 0 Å². The normalized spacial score (nSPS) is 16.8. The standard InChI is InChI=1S/C17H28N2O3S.ClH/c1-2-4-15-5-7-17(8-6-15)23(20,21)19-12-9-16(10-13-19)22-14-3-11-18;/h5-8,16H,2-4,9-14,18H2,1H3;1H. The van der Waals surface area contributed by atoms with E-state index in [2.05, 4.69) is 6.92 Å². The fourth-order valence-corrected chi connectivity index (χ4v) is 4.31. The van der Waals surface area contributed by atoms with E-state index >= 15 is 0 Å². The van der Waals surface area contributed by atoms with Gasteiger partial charge in [0.2, 0.25) is 10.0 Å². The van der Waals surface area contributed by atoms with Crippen LogP contribution in [-0.2, 0) is 21.2 Å². The Labute approximate surface area is 152 Å². The second-order valence-electron chi connectivity index (χ2n) is 6.01. The van der Waals surface area contributed by atoms with E-state index in [-0.39, 0.29) is 18.5 Å². The van der Waals surface area contributed by atoms with Gasteiger partial charge in [-0.1, -0.05) is 25.5 Å². The van der Waals surface area contributed by atoms with Crippen LogP contribution in [0, 0.1) is 0 Å². The van der Waals surface area contributed by atoms with Crippen LogP contribution in [0.2, 0.25) is 0 Å². The highest BCUT2D eigenvalue weighted by Gasteiger charge is 2.29. The van der Waals surface area contributed by atoms with Crippen molar-refractivity contribution in [2.45, 2.75) is 50.0 Å². The second-order valence-corrected chi connectivity index (χ2v) is 7.95. The van der Waals surface area contributed by atoms with Gasteiger partial charge in [0.1, 0.15) is 0 Å². The average molecular weight is 377 g/mol. The molecule has 0 aliphatic carbocycles. The van der Waals surface area contributed by atoms with Crippen molar-refractivity contribution in [1.82, 2.24) is 4.31 Å². The smallest absolute Gasteiger partial charge is 0.243 e. The van der Waals surface area contributed by atoms with Crippen LogP contribution in [0.5, 0.6) is 0 Å². The molecule has 5 nitrogen and oxygen atoms in total. The van der Waals surface area contributed by atoms with E-state index in [4.69, 9.17) is 10.5 Å². The highest BCUT2D eigenvalue weighted by Crippen LogP contribution is 2.22. The Morgan fingerprint density at radius 3 is 2.38 bits per heavy atom. The minimum absolute atomic E-state index is 0. The van der Waals surface area contributed by atoms with Crippen LogP contribution < -0.4 is 5.73 Å². The van der Waals surface area contributed by atoms with E-state index in [1.165, 1.54) is 5.56 Å². The number of halogens is 1. The summed E-state index contributed by atoms with van der Waals surface area (Å²) in [6, 6.07) is 7.28. The number of aryl methyl sites for hydroxylation is 1. The lowest BCUT2D eigenvalue weighted by molar-refractivity contribution is 0.0209. The number of nitrogens with two attached hydrogens (primary N) is 1. The maximum Gasteiger partial charge on any atom is 0.243 e. The van der Waals surface area contributed by atoms with Crippen molar-refractivity contribution in [2.75, 3.05) is 26.2 Å². The molecular weight excluding hydrogens is 348 g/mol. The zero-order valence-electron chi connectivity index (χ0n) is 14.3. The predicted octanol–water partition coefficient (Wildman–Crippen LogP) is 2.58. The summed E-state index contributed by atoms with van der Waals surface area (Å²) in [5.41, 5.74) is 6.63. The van der Waals surface area contributed by atoms with Crippen LogP contribution in [0.15, 0.2) is 29.2 Å². The Hall–Kier alpha value is -0.660. The topological polar surface area (TPSA) is 72.6 Å². The minimum atomic E-state index is -3.38. The summed E-state index contributed by atoms with van der Waals surface area (Å²) in [4.78, 5) is 0.389. The molecule has 1 aromatic carbocycles. The Morgan fingerprint density at radius 2 is 1.83 bits per heavy atom. The SMILES string of the molecule is CCCc1ccc(S(=O)(=O)N2CCC(OCCCN)CC2)cc1.Cl. The number of sulfonamides is 1. The molecule has 0 unspecified atom stereocenters. The van der Waals surface area contributed by atoms with E-state index in [9.17, 15) is 8.42 Å². The van der Waals surface area contributed by atoms with Gasteiger partial charge in [-0.2, -0.15) is 4.31 Å². The maximum absolute atomic E-state index is 12.7. The van der Waals surface area contributed by atoms with E-state index in [0.717, 1.165) is 32.1 Å². The number of piperidine rings is 1. The fourth-order valence-electron chi connectivity index (χ4n) is 2.84. The molecule has 2 N–H and O–H groups in total. The van der Waals surface area contributed by atoms with Crippen molar-refractivity contribution in [3.05, 3.63) is 29.8 Å². The highest BCUT2D eigenvalue weighted by atomic mass is 35.5. The molecule has 0 aromatic heterocycles. The van der Waals surface area contributed by atoms with Crippen LogP contribution >= 0.6 is 12.4 Å². The molecule has 0 spiro atoms. The van der Waals surface area contributed by atoms with Crippen LogP contribution in [0.1, 0.15) is 38.2 Å². The molecule has 1 fully saturated rings. The molecule has 1 aliphatic rings. The number of hydrogen-bond acceptors (Lipinski definition) is 4.